The summed E-state index contributed by atoms with van der Waals surface area (Å²) in [7, 11) is 0. The van der Waals surface area contributed by atoms with Crippen molar-refractivity contribution in [1.29, 1.82) is 0 Å². The Labute approximate surface area is 77.3 Å². The van der Waals surface area contributed by atoms with Gasteiger partial charge in [-0.1, -0.05) is 0 Å². The molecule has 0 fully saturated rings. The maximum absolute atomic E-state index is 5.82. The molecule has 0 saturated heterocycles. The van der Waals surface area contributed by atoms with Gasteiger partial charge in [0.05, 0.1) is 0 Å². The molecule has 0 aliphatic heterocycles. The lowest BCUT2D eigenvalue weighted by Crippen LogP contribution is -1.88. The second-order valence-corrected chi connectivity index (χ2v) is 3.49. The van der Waals surface area contributed by atoms with Crippen LogP contribution < -0.4 is 5.73 Å². The maximum atomic E-state index is 5.82. The molecular formula is C11H13NO. The van der Waals surface area contributed by atoms with Gasteiger partial charge in [-0.05, 0) is 44.0 Å². The highest BCUT2D eigenvalue weighted by molar-refractivity contribution is 5.86. The van der Waals surface area contributed by atoms with Gasteiger partial charge in [-0.2, -0.15) is 0 Å². The molecule has 1 aromatic heterocycles. The van der Waals surface area contributed by atoms with Crippen LogP contribution in [0.1, 0.15) is 16.9 Å². The van der Waals surface area contributed by atoms with Gasteiger partial charge in [-0.15, -0.1) is 0 Å². The van der Waals surface area contributed by atoms with Gasteiger partial charge in [0.2, 0.25) is 0 Å². The lowest BCUT2D eigenvalue weighted by atomic mass is 10.1. The van der Waals surface area contributed by atoms with Crippen LogP contribution in [-0.2, 0) is 0 Å². The number of nitrogen functional groups attached to an aromatic ring is 1. The van der Waals surface area contributed by atoms with E-state index in [1.54, 1.807) is 0 Å². The molecule has 13 heavy (non-hydrogen) atoms. The molecule has 0 aliphatic carbocycles. The zero-order valence-corrected chi connectivity index (χ0v) is 8.14. The van der Waals surface area contributed by atoms with Crippen LogP contribution in [0.2, 0.25) is 0 Å². The van der Waals surface area contributed by atoms with Crippen molar-refractivity contribution in [3.05, 3.63) is 29.0 Å². The topological polar surface area (TPSA) is 39.2 Å². The molecule has 2 heteroatoms. The highest BCUT2D eigenvalue weighted by Gasteiger charge is 2.07. The van der Waals surface area contributed by atoms with Crippen LogP contribution >= 0.6 is 0 Å². The van der Waals surface area contributed by atoms with E-state index in [2.05, 4.69) is 6.92 Å². The van der Waals surface area contributed by atoms with Crippen LogP contribution in [0.25, 0.3) is 11.0 Å². The van der Waals surface area contributed by atoms with E-state index in [9.17, 15) is 0 Å². The summed E-state index contributed by atoms with van der Waals surface area (Å²) < 4.78 is 5.58. The summed E-state index contributed by atoms with van der Waals surface area (Å²) in [4.78, 5) is 0. The van der Waals surface area contributed by atoms with Crippen LogP contribution in [0.3, 0.4) is 0 Å². The average Bonchev–Trinajstić information content (AvgIpc) is 2.32. The summed E-state index contributed by atoms with van der Waals surface area (Å²) in [6.45, 7) is 6.01. The molecule has 0 aliphatic rings. The fourth-order valence-corrected chi connectivity index (χ4v) is 1.51. The van der Waals surface area contributed by atoms with Crippen LogP contribution in [0.5, 0.6) is 0 Å². The largest absolute Gasteiger partial charge is 0.461 e. The summed E-state index contributed by atoms with van der Waals surface area (Å²) in [5.74, 6) is 0.972. The van der Waals surface area contributed by atoms with E-state index >= 15 is 0 Å². The van der Waals surface area contributed by atoms with Gasteiger partial charge in [-0.3, -0.25) is 0 Å². The summed E-state index contributed by atoms with van der Waals surface area (Å²) in [5, 5.41) is 1.13. The number of hydrogen-bond donors (Lipinski definition) is 1. The van der Waals surface area contributed by atoms with Crippen molar-refractivity contribution in [2.75, 3.05) is 5.73 Å². The standard InChI is InChI=1S/C11H13NO/c1-6-4-11-9(5-10(6)12)7(2)8(3)13-11/h4-5H,12H2,1-3H3. The molecule has 2 aromatic rings. The molecule has 68 valence electrons. The monoisotopic (exact) mass is 175 g/mol. The summed E-state index contributed by atoms with van der Waals surface area (Å²) in [6, 6.07) is 3.97. The zero-order chi connectivity index (χ0) is 9.59. The predicted molar refractivity (Wildman–Crippen MR) is 54.8 cm³/mol. The molecule has 2 rings (SSSR count). The normalized spacial score (nSPS) is 11.0. The van der Waals surface area contributed by atoms with E-state index in [0.29, 0.717) is 0 Å². The molecule has 0 unspecified atom stereocenters. The Bertz CT molecular complexity index is 468. The lowest BCUT2D eigenvalue weighted by Gasteiger charge is -1.98. The van der Waals surface area contributed by atoms with Crippen molar-refractivity contribution in [3.63, 3.8) is 0 Å². The number of hydrogen-bond acceptors (Lipinski definition) is 2. The number of aryl methyl sites for hydroxylation is 3. The molecule has 0 spiro atoms. The Morgan fingerprint density at radius 2 is 1.85 bits per heavy atom. The van der Waals surface area contributed by atoms with Crippen LogP contribution in [0.15, 0.2) is 16.5 Å². The highest BCUT2D eigenvalue weighted by Crippen LogP contribution is 2.28. The number of benzene rings is 1. The van der Waals surface area contributed by atoms with Gasteiger partial charge in [-0.25, -0.2) is 0 Å². The quantitative estimate of drug-likeness (QED) is 0.625. The van der Waals surface area contributed by atoms with E-state index in [4.69, 9.17) is 10.2 Å². The second-order valence-electron chi connectivity index (χ2n) is 3.49. The smallest absolute Gasteiger partial charge is 0.134 e. The molecule has 2 N–H and O–H groups in total. The van der Waals surface area contributed by atoms with E-state index in [1.165, 1.54) is 5.56 Å². The van der Waals surface area contributed by atoms with Gasteiger partial charge in [0.15, 0.2) is 0 Å². The Hall–Kier alpha value is -1.44. The summed E-state index contributed by atoms with van der Waals surface area (Å²) in [6.07, 6.45) is 0. The minimum atomic E-state index is 0.830. The van der Waals surface area contributed by atoms with Gasteiger partial charge in [0.1, 0.15) is 11.3 Å². The molecule has 0 amide bonds. The number of fused-ring (bicyclic) bond motifs is 1. The van der Waals surface area contributed by atoms with Crippen molar-refractivity contribution in [2.45, 2.75) is 20.8 Å². The molecule has 1 aromatic carbocycles. The number of anilines is 1. The molecule has 0 bridgehead atoms. The third-order valence-corrected chi connectivity index (χ3v) is 2.56. The molecule has 0 radical (unpaired) electrons. The fourth-order valence-electron chi connectivity index (χ4n) is 1.51. The predicted octanol–water partition coefficient (Wildman–Crippen LogP) is 2.94. The second kappa shape index (κ2) is 2.52. The van der Waals surface area contributed by atoms with E-state index in [0.717, 1.165) is 28.0 Å². The third-order valence-electron chi connectivity index (χ3n) is 2.56. The van der Waals surface area contributed by atoms with Crippen molar-refractivity contribution >= 4 is 16.7 Å². The van der Waals surface area contributed by atoms with Gasteiger partial charge < -0.3 is 10.2 Å². The minimum absolute atomic E-state index is 0.830. The van der Waals surface area contributed by atoms with Crippen LogP contribution in [0.4, 0.5) is 5.69 Å². The average molecular weight is 175 g/mol. The van der Waals surface area contributed by atoms with Crippen LogP contribution in [0, 0.1) is 20.8 Å². The Morgan fingerprint density at radius 1 is 1.15 bits per heavy atom. The molecule has 2 nitrogen and oxygen atoms in total. The zero-order valence-electron chi connectivity index (χ0n) is 8.14. The van der Waals surface area contributed by atoms with Crippen molar-refractivity contribution < 1.29 is 4.42 Å². The van der Waals surface area contributed by atoms with Gasteiger partial charge in [0.25, 0.3) is 0 Å². The number of rotatable bonds is 0. The molecular weight excluding hydrogens is 162 g/mol. The summed E-state index contributed by atoms with van der Waals surface area (Å²) >= 11 is 0. The first-order chi connectivity index (χ1) is 6.09. The molecule has 0 atom stereocenters. The van der Waals surface area contributed by atoms with Gasteiger partial charge >= 0.3 is 0 Å². The number of nitrogens with two attached hydrogens (primary N) is 1. The first kappa shape index (κ1) is 8.17. The van der Waals surface area contributed by atoms with Crippen molar-refractivity contribution in [3.8, 4) is 0 Å². The lowest BCUT2D eigenvalue weighted by molar-refractivity contribution is 0.575. The maximum Gasteiger partial charge on any atom is 0.134 e. The van der Waals surface area contributed by atoms with E-state index in [-0.39, 0.29) is 0 Å². The summed E-state index contributed by atoms with van der Waals surface area (Å²) in [5.41, 5.74) is 9.84. The van der Waals surface area contributed by atoms with Crippen molar-refractivity contribution in [1.82, 2.24) is 0 Å². The number of furan rings is 1. The SMILES string of the molecule is Cc1cc2oc(C)c(C)c2cc1N. The first-order valence-corrected chi connectivity index (χ1v) is 4.35. The third kappa shape index (κ3) is 1.10. The highest BCUT2D eigenvalue weighted by atomic mass is 16.3. The Morgan fingerprint density at radius 3 is 2.54 bits per heavy atom. The van der Waals surface area contributed by atoms with Crippen molar-refractivity contribution in [2.24, 2.45) is 0 Å². The molecule has 1 heterocycles. The minimum Gasteiger partial charge on any atom is -0.461 e. The fraction of sp³-hybridized carbons (Fsp3) is 0.273. The van der Waals surface area contributed by atoms with E-state index in [1.807, 2.05) is 26.0 Å². The Kier molecular flexibility index (Phi) is 1.59. The molecule has 0 saturated carbocycles. The first-order valence-electron chi connectivity index (χ1n) is 4.35. The van der Waals surface area contributed by atoms with Gasteiger partial charge in [0, 0.05) is 11.1 Å². The van der Waals surface area contributed by atoms with Crippen LogP contribution in [-0.4, -0.2) is 0 Å². The van der Waals surface area contributed by atoms with E-state index < -0.39 is 0 Å². The Balaban J connectivity index is 2.89.